The van der Waals surface area contributed by atoms with Gasteiger partial charge < -0.3 is 10.2 Å². The van der Waals surface area contributed by atoms with Crippen LogP contribution >= 0.6 is 0 Å². The second-order valence-electron chi connectivity index (χ2n) is 7.04. The highest BCUT2D eigenvalue weighted by atomic mass is 16.2. The van der Waals surface area contributed by atoms with Crippen LogP contribution in [0.25, 0.3) is 0 Å². The normalized spacial score (nSPS) is 19.9. The largest absolute Gasteiger partial charge is 0.338 e. The highest BCUT2D eigenvalue weighted by molar-refractivity contribution is 5.95. The first-order valence-corrected chi connectivity index (χ1v) is 7.83. The average molecular weight is 292 g/mol. The topological polar surface area (TPSA) is 50.2 Å². The summed E-state index contributed by atoms with van der Waals surface area (Å²) >= 11 is 0. The molecular weight excluding hydrogens is 264 g/mol. The van der Waals surface area contributed by atoms with Gasteiger partial charge in [0.1, 0.15) is 0 Å². The molecule has 0 bridgehead atoms. The summed E-state index contributed by atoms with van der Waals surface area (Å²) in [6, 6.07) is 0. The van der Waals surface area contributed by atoms with Crippen LogP contribution < -0.4 is 5.32 Å². The second-order valence-corrected chi connectivity index (χ2v) is 7.04. The molecule has 1 fully saturated rings. The Balaban J connectivity index is 2.15. The van der Waals surface area contributed by atoms with Crippen molar-refractivity contribution in [2.45, 2.75) is 46.1 Å². The second kappa shape index (κ2) is 6.18. The number of piperidine rings is 1. The van der Waals surface area contributed by atoms with E-state index in [9.17, 15) is 4.79 Å². The third-order valence-electron chi connectivity index (χ3n) is 4.17. The summed E-state index contributed by atoms with van der Waals surface area (Å²) in [6.07, 6.45) is 4.01. The van der Waals surface area contributed by atoms with E-state index < -0.39 is 0 Å². The third kappa shape index (κ3) is 3.46. The van der Waals surface area contributed by atoms with Gasteiger partial charge in [0.05, 0.1) is 17.3 Å². The lowest BCUT2D eigenvalue weighted by molar-refractivity contribution is 0.0673. The molecule has 0 aromatic carbocycles. The van der Waals surface area contributed by atoms with Crippen molar-refractivity contribution in [2.24, 2.45) is 5.92 Å². The number of hydrogen-bond donors (Lipinski definition) is 1. The molecule has 1 aliphatic rings. The molecule has 0 spiro atoms. The summed E-state index contributed by atoms with van der Waals surface area (Å²) in [6.45, 7) is 11.0. The van der Waals surface area contributed by atoms with Crippen molar-refractivity contribution in [1.82, 2.24) is 20.0 Å². The van der Waals surface area contributed by atoms with E-state index in [1.54, 1.807) is 6.20 Å². The molecule has 1 aromatic heterocycles. The number of amides is 1. The van der Waals surface area contributed by atoms with Gasteiger partial charge in [0.15, 0.2) is 0 Å². The first-order chi connectivity index (χ1) is 9.84. The van der Waals surface area contributed by atoms with Crippen LogP contribution in [-0.4, -0.2) is 47.3 Å². The fourth-order valence-corrected chi connectivity index (χ4v) is 3.17. The van der Waals surface area contributed by atoms with Gasteiger partial charge in [-0.05, 0) is 60.0 Å². The van der Waals surface area contributed by atoms with Crippen molar-refractivity contribution in [2.75, 3.05) is 26.7 Å². The molecule has 1 saturated heterocycles. The van der Waals surface area contributed by atoms with Gasteiger partial charge in [-0.25, -0.2) is 0 Å². The van der Waals surface area contributed by atoms with Crippen molar-refractivity contribution in [3.63, 3.8) is 0 Å². The predicted molar refractivity (Wildman–Crippen MR) is 84.5 cm³/mol. The number of likely N-dealkylation sites (tertiary alicyclic amines) is 1. The molecule has 2 rings (SSSR count). The number of aromatic nitrogens is 2. The standard InChI is InChI=1S/C16H28N4O/c1-12-14(10-18-20(12)16(2,3)4)15(21)19-8-6-7-13(11-19)9-17-5/h10,13,17H,6-9,11H2,1-5H3/t13-/m1/s1. The minimum Gasteiger partial charge on any atom is -0.338 e. The van der Waals surface area contributed by atoms with Crippen LogP contribution in [0.1, 0.15) is 49.7 Å². The zero-order valence-electron chi connectivity index (χ0n) is 13.9. The quantitative estimate of drug-likeness (QED) is 0.927. The predicted octanol–water partition coefficient (Wildman–Crippen LogP) is 2.02. The average Bonchev–Trinajstić information content (AvgIpc) is 2.80. The number of nitrogens with zero attached hydrogens (tertiary/aromatic N) is 3. The molecule has 1 N–H and O–H groups in total. The lowest BCUT2D eigenvalue weighted by Crippen LogP contribution is -2.42. The van der Waals surface area contributed by atoms with Gasteiger partial charge in [0.2, 0.25) is 0 Å². The number of nitrogens with one attached hydrogen (secondary N) is 1. The molecule has 0 radical (unpaired) electrons. The van der Waals surface area contributed by atoms with Gasteiger partial charge in [-0.2, -0.15) is 5.10 Å². The van der Waals surface area contributed by atoms with Crippen molar-refractivity contribution in [1.29, 1.82) is 0 Å². The molecule has 1 aromatic rings. The lowest BCUT2D eigenvalue weighted by atomic mass is 9.97. The number of hydrogen-bond acceptors (Lipinski definition) is 3. The van der Waals surface area contributed by atoms with Gasteiger partial charge in [-0.15, -0.1) is 0 Å². The van der Waals surface area contributed by atoms with E-state index >= 15 is 0 Å². The molecule has 5 heteroatoms. The van der Waals surface area contributed by atoms with Crippen LogP contribution in [-0.2, 0) is 5.54 Å². The Labute approximate surface area is 127 Å². The maximum Gasteiger partial charge on any atom is 0.257 e. The molecule has 5 nitrogen and oxygen atoms in total. The Morgan fingerprint density at radius 1 is 1.48 bits per heavy atom. The molecule has 1 amide bonds. The molecule has 0 aliphatic carbocycles. The van der Waals surface area contributed by atoms with Gasteiger partial charge in [-0.1, -0.05) is 0 Å². The molecule has 0 saturated carbocycles. The van der Waals surface area contributed by atoms with E-state index in [0.717, 1.165) is 37.3 Å². The highest BCUT2D eigenvalue weighted by Crippen LogP contribution is 2.22. The highest BCUT2D eigenvalue weighted by Gasteiger charge is 2.28. The number of carbonyl (C=O) groups is 1. The van der Waals surface area contributed by atoms with Crippen LogP contribution in [0.5, 0.6) is 0 Å². The fourth-order valence-electron chi connectivity index (χ4n) is 3.17. The lowest BCUT2D eigenvalue weighted by Gasteiger charge is -2.32. The third-order valence-corrected chi connectivity index (χ3v) is 4.17. The van der Waals surface area contributed by atoms with Crippen molar-refractivity contribution in [3.8, 4) is 0 Å². The molecule has 2 heterocycles. The number of carbonyl (C=O) groups excluding carboxylic acids is 1. The summed E-state index contributed by atoms with van der Waals surface area (Å²) in [4.78, 5) is 14.8. The van der Waals surface area contributed by atoms with Gasteiger partial charge in [0.25, 0.3) is 5.91 Å². The Kier molecular flexibility index (Phi) is 4.71. The van der Waals surface area contributed by atoms with E-state index in [0.29, 0.717) is 5.92 Å². The number of rotatable bonds is 3. The molecule has 1 aliphatic heterocycles. The Morgan fingerprint density at radius 2 is 2.19 bits per heavy atom. The monoisotopic (exact) mass is 292 g/mol. The van der Waals surface area contributed by atoms with Gasteiger partial charge >= 0.3 is 0 Å². The van der Waals surface area contributed by atoms with E-state index in [-0.39, 0.29) is 11.4 Å². The van der Waals surface area contributed by atoms with E-state index in [4.69, 9.17) is 0 Å². The van der Waals surface area contributed by atoms with Gasteiger partial charge in [-0.3, -0.25) is 9.48 Å². The Bertz CT molecular complexity index is 499. The van der Waals surface area contributed by atoms with Crippen molar-refractivity contribution >= 4 is 5.91 Å². The summed E-state index contributed by atoms with van der Waals surface area (Å²) in [5, 5.41) is 7.63. The molecular formula is C16H28N4O. The minimum atomic E-state index is -0.0980. The minimum absolute atomic E-state index is 0.0980. The molecule has 118 valence electrons. The van der Waals surface area contributed by atoms with Crippen LogP contribution in [0.15, 0.2) is 6.20 Å². The summed E-state index contributed by atoms with van der Waals surface area (Å²) in [5.41, 5.74) is 1.61. The molecule has 1 atom stereocenters. The molecule has 21 heavy (non-hydrogen) atoms. The van der Waals surface area contributed by atoms with E-state index in [1.807, 2.05) is 23.6 Å². The zero-order valence-corrected chi connectivity index (χ0v) is 13.9. The fraction of sp³-hybridized carbons (Fsp3) is 0.750. The van der Waals surface area contributed by atoms with Crippen LogP contribution in [0.4, 0.5) is 0 Å². The summed E-state index contributed by atoms with van der Waals surface area (Å²) in [7, 11) is 1.97. The van der Waals surface area contributed by atoms with Gasteiger partial charge in [0, 0.05) is 18.8 Å². The molecule has 0 unspecified atom stereocenters. The smallest absolute Gasteiger partial charge is 0.257 e. The van der Waals surface area contributed by atoms with Crippen LogP contribution in [0.3, 0.4) is 0 Å². The maximum absolute atomic E-state index is 12.8. The Hall–Kier alpha value is -1.36. The van der Waals surface area contributed by atoms with Crippen molar-refractivity contribution in [3.05, 3.63) is 17.5 Å². The summed E-state index contributed by atoms with van der Waals surface area (Å²) in [5.74, 6) is 0.689. The first kappa shape index (κ1) is 16.0. The van der Waals surface area contributed by atoms with Crippen molar-refractivity contribution < 1.29 is 4.79 Å². The van der Waals surface area contributed by atoms with E-state index in [1.165, 1.54) is 6.42 Å². The first-order valence-electron chi connectivity index (χ1n) is 7.83. The summed E-state index contributed by atoms with van der Waals surface area (Å²) < 4.78 is 1.94. The van der Waals surface area contributed by atoms with E-state index in [2.05, 4.69) is 31.2 Å². The Morgan fingerprint density at radius 3 is 2.76 bits per heavy atom. The SMILES string of the molecule is CNC[C@H]1CCCN(C(=O)c2cnn(C(C)(C)C)c2C)C1. The van der Waals surface area contributed by atoms with Crippen LogP contribution in [0.2, 0.25) is 0 Å². The zero-order chi connectivity index (χ0) is 15.6. The maximum atomic E-state index is 12.8. The van der Waals surface area contributed by atoms with Crippen LogP contribution in [0, 0.1) is 12.8 Å².